The van der Waals surface area contributed by atoms with Crippen LogP contribution < -0.4 is 0 Å². The number of nitrogens with zero attached hydrogens (tertiary/aromatic N) is 2. The van der Waals surface area contributed by atoms with E-state index in [-0.39, 0.29) is 0 Å². The van der Waals surface area contributed by atoms with Crippen LogP contribution in [0.2, 0.25) is 10.0 Å². The molecule has 2 rings (SSSR count). The predicted octanol–water partition coefficient (Wildman–Crippen LogP) is 3.04. The van der Waals surface area contributed by atoms with Gasteiger partial charge >= 0.3 is 0 Å². The Kier molecular flexibility index (Phi) is 2.20. The second-order valence-corrected chi connectivity index (χ2v) is 3.29. The standard InChI is InChI=1S/C8H4Cl2N2O/c9-6-1-5(2-7(10)3-6)8-11-4-13-12-8/h1-4H. The van der Waals surface area contributed by atoms with Crippen molar-refractivity contribution in [2.24, 2.45) is 0 Å². The molecule has 0 aliphatic heterocycles. The highest BCUT2D eigenvalue weighted by Gasteiger charge is 2.04. The van der Waals surface area contributed by atoms with Crippen LogP contribution in [0.3, 0.4) is 0 Å². The van der Waals surface area contributed by atoms with Crippen molar-refractivity contribution >= 4 is 23.2 Å². The Labute approximate surface area is 84.3 Å². The summed E-state index contributed by atoms with van der Waals surface area (Å²) in [5.74, 6) is 0.476. The van der Waals surface area contributed by atoms with E-state index in [1.807, 2.05) is 0 Å². The first-order valence-corrected chi connectivity index (χ1v) is 4.24. The number of benzene rings is 1. The maximum atomic E-state index is 5.80. The van der Waals surface area contributed by atoms with E-state index in [0.717, 1.165) is 5.56 Å². The van der Waals surface area contributed by atoms with Crippen molar-refractivity contribution in [3.63, 3.8) is 0 Å². The minimum absolute atomic E-state index is 0.476. The second-order valence-electron chi connectivity index (χ2n) is 2.41. The minimum Gasteiger partial charge on any atom is -0.342 e. The highest BCUT2D eigenvalue weighted by Crippen LogP contribution is 2.24. The molecule has 66 valence electrons. The van der Waals surface area contributed by atoms with Gasteiger partial charge in [0.25, 0.3) is 0 Å². The summed E-state index contributed by atoms with van der Waals surface area (Å²) in [6.07, 6.45) is 1.25. The van der Waals surface area contributed by atoms with Crippen LogP contribution in [-0.2, 0) is 0 Å². The van der Waals surface area contributed by atoms with Crippen LogP contribution in [0.15, 0.2) is 29.1 Å². The lowest BCUT2D eigenvalue weighted by Gasteiger charge is -1.96. The zero-order chi connectivity index (χ0) is 9.26. The van der Waals surface area contributed by atoms with Crippen LogP contribution in [-0.4, -0.2) is 10.1 Å². The van der Waals surface area contributed by atoms with E-state index in [1.165, 1.54) is 6.39 Å². The van der Waals surface area contributed by atoms with E-state index >= 15 is 0 Å². The van der Waals surface area contributed by atoms with Gasteiger partial charge in [-0.2, -0.15) is 4.98 Å². The topological polar surface area (TPSA) is 38.9 Å². The first kappa shape index (κ1) is 8.53. The molecule has 2 aromatic rings. The van der Waals surface area contributed by atoms with E-state index in [1.54, 1.807) is 18.2 Å². The Bertz CT molecular complexity index is 394. The van der Waals surface area contributed by atoms with Crippen LogP contribution in [0, 0.1) is 0 Å². The second kappa shape index (κ2) is 3.36. The molecule has 0 fully saturated rings. The molecule has 0 spiro atoms. The zero-order valence-electron chi connectivity index (χ0n) is 6.37. The van der Waals surface area contributed by atoms with Gasteiger partial charge in [0.15, 0.2) is 0 Å². The summed E-state index contributed by atoms with van der Waals surface area (Å²) >= 11 is 11.6. The van der Waals surface area contributed by atoms with Gasteiger partial charge in [-0.25, -0.2) is 0 Å². The third kappa shape index (κ3) is 1.82. The molecule has 0 unspecified atom stereocenters. The van der Waals surface area contributed by atoms with E-state index in [9.17, 15) is 0 Å². The van der Waals surface area contributed by atoms with Crippen molar-refractivity contribution in [2.45, 2.75) is 0 Å². The van der Waals surface area contributed by atoms with Gasteiger partial charge in [-0.3, -0.25) is 0 Å². The summed E-state index contributed by atoms with van der Waals surface area (Å²) in [4.78, 5) is 3.87. The van der Waals surface area contributed by atoms with Crippen molar-refractivity contribution in [1.29, 1.82) is 0 Å². The maximum Gasteiger partial charge on any atom is 0.214 e. The van der Waals surface area contributed by atoms with Gasteiger partial charge < -0.3 is 4.52 Å². The molecule has 0 aliphatic carbocycles. The highest BCUT2D eigenvalue weighted by molar-refractivity contribution is 6.35. The van der Waals surface area contributed by atoms with Gasteiger partial charge in [-0.15, -0.1) is 0 Å². The first-order chi connectivity index (χ1) is 6.25. The monoisotopic (exact) mass is 214 g/mol. The molecule has 0 bridgehead atoms. The van der Waals surface area contributed by atoms with Crippen LogP contribution in [0.4, 0.5) is 0 Å². The third-order valence-electron chi connectivity index (χ3n) is 1.48. The largest absolute Gasteiger partial charge is 0.342 e. The Morgan fingerprint density at radius 1 is 1.08 bits per heavy atom. The molecular formula is C8H4Cl2N2O. The zero-order valence-corrected chi connectivity index (χ0v) is 7.88. The SMILES string of the molecule is Clc1cc(Cl)cc(-c2ncon2)c1. The van der Waals surface area contributed by atoms with Crippen molar-refractivity contribution < 1.29 is 4.52 Å². The molecule has 5 heteroatoms. The van der Waals surface area contributed by atoms with E-state index < -0.39 is 0 Å². The van der Waals surface area contributed by atoms with E-state index in [4.69, 9.17) is 23.2 Å². The summed E-state index contributed by atoms with van der Waals surface area (Å²) in [7, 11) is 0. The molecule has 0 saturated carbocycles. The van der Waals surface area contributed by atoms with Gasteiger partial charge in [0, 0.05) is 15.6 Å². The average molecular weight is 215 g/mol. The van der Waals surface area contributed by atoms with Gasteiger partial charge in [-0.05, 0) is 18.2 Å². The first-order valence-electron chi connectivity index (χ1n) is 3.48. The Morgan fingerprint density at radius 2 is 1.77 bits per heavy atom. The lowest BCUT2D eigenvalue weighted by atomic mass is 10.2. The number of hydrogen-bond acceptors (Lipinski definition) is 3. The van der Waals surface area contributed by atoms with E-state index in [2.05, 4.69) is 14.7 Å². The quantitative estimate of drug-likeness (QED) is 0.733. The van der Waals surface area contributed by atoms with Gasteiger partial charge in [0.2, 0.25) is 12.2 Å². The third-order valence-corrected chi connectivity index (χ3v) is 1.92. The van der Waals surface area contributed by atoms with Crippen molar-refractivity contribution in [2.75, 3.05) is 0 Å². The fourth-order valence-electron chi connectivity index (χ4n) is 0.981. The summed E-state index contributed by atoms with van der Waals surface area (Å²) in [6.45, 7) is 0. The predicted molar refractivity (Wildman–Crippen MR) is 49.8 cm³/mol. The van der Waals surface area contributed by atoms with Crippen molar-refractivity contribution in [3.05, 3.63) is 34.6 Å². The van der Waals surface area contributed by atoms with Crippen LogP contribution in [0.5, 0.6) is 0 Å². The number of hydrogen-bond donors (Lipinski definition) is 0. The molecule has 0 atom stereocenters. The summed E-state index contributed by atoms with van der Waals surface area (Å²) in [5, 5.41) is 4.76. The lowest BCUT2D eigenvalue weighted by molar-refractivity contribution is 0.419. The van der Waals surface area contributed by atoms with Crippen LogP contribution in [0.1, 0.15) is 0 Å². The molecule has 13 heavy (non-hydrogen) atoms. The summed E-state index contributed by atoms with van der Waals surface area (Å²) < 4.78 is 4.60. The Balaban J connectivity index is 2.53. The fourth-order valence-corrected chi connectivity index (χ4v) is 1.51. The Hall–Kier alpha value is -1.06. The molecule has 0 aliphatic rings. The molecular weight excluding hydrogens is 211 g/mol. The van der Waals surface area contributed by atoms with Gasteiger partial charge in [-0.1, -0.05) is 28.4 Å². The van der Waals surface area contributed by atoms with Crippen molar-refractivity contribution in [1.82, 2.24) is 10.1 Å². The molecule has 3 nitrogen and oxygen atoms in total. The normalized spacial score (nSPS) is 10.3. The molecule has 0 amide bonds. The molecule has 1 aromatic carbocycles. The van der Waals surface area contributed by atoms with Crippen LogP contribution in [0.25, 0.3) is 11.4 Å². The smallest absolute Gasteiger partial charge is 0.214 e. The summed E-state index contributed by atoms with van der Waals surface area (Å²) in [5.41, 5.74) is 0.742. The Morgan fingerprint density at radius 3 is 2.31 bits per heavy atom. The van der Waals surface area contributed by atoms with Gasteiger partial charge in [0.05, 0.1) is 0 Å². The maximum absolute atomic E-state index is 5.80. The highest BCUT2D eigenvalue weighted by atomic mass is 35.5. The molecule has 0 N–H and O–H groups in total. The van der Waals surface area contributed by atoms with Gasteiger partial charge in [0.1, 0.15) is 0 Å². The molecule has 0 saturated heterocycles. The number of aromatic nitrogens is 2. The molecule has 1 heterocycles. The number of rotatable bonds is 1. The minimum atomic E-state index is 0.476. The van der Waals surface area contributed by atoms with E-state index in [0.29, 0.717) is 15.9 Å². The van der Waals surface area contributed by atoms with Crippen molar-refractivity contribution in [3.8, 4) is 11.4 Å². The average Bonchev–Trinajstić information content (AvgIpc) is 2.53. The molecule has 0 radical (unpaired) electrons. The molecule has 1 aromatic heterocycles. The number of halogens is 2. The fraction of sp³-hybridized carbons (Fsp3) is 0. The summed E-state index contributed by atoms with van der Waals surface area (Å²) in [6, 6.07) is 5.09. The van der Waals surface area contributed by atoms with Crippen LogP contribution >= 0.6 is 23.2 Å². The lowest BCUT2D eigenvalue weighted by Crippen LogP contribution is -1.80.